The van der Waals surface area contributed by atoms with Gasteiger partial charge in [0.15, 0.2) is 0 Å². The van der Waals surface area contributed by atoms with Gasteiger partial charge in [0.2, 0.25) is 0 Å². The fourth-order valence-electron chi connectivity index (χ4n) is 1.43. The summed E-state index contributed by atoms with van der Waals surface area (Å²) in [4.78, 5) is 18.2. The Bertz CT molecular complexity index is 405. The lowest BCUT2D eigenvalue weighted by Gasteiger charge is -2.08. The molecule has 0 aromatic carbocycles. The van der Waals surface area contributed by atoms with E-state index in [2.05, 4.69) is 4.98 Å². The Morgan fingerprint density at radius 2 is 2.25 bits per heavy atom. The average molecular weight is 239 g/mol. The van der Waals surface area contributed by atoms with Gasteiger partial charge in [-0.25, -0.2) is 9.78 Å². The monoisotopic (exact) mass is 239 g/mol. The predicted octanol–water partition coefficient (Wildman–Crippen LogP) is 0.729. The summed E-state index contributed by atoms with van der Waals surface area (Å²) in [6, 6.07) is 0. The summed E-state index contributed by atoms with van der Waals surface area (Å²) in [6.07, 6.45) is 0.764. The van der Waals surface area contributed by atoms with Crippen molar-refractivity contribution in [3.8, 4) is 0 Å². The van der Waals surface area contributed by atoms with Crippen molar-refractivity contribution in [1.29, 1.82) is 0 Å². The van der Waals surface area contributed by atoms with Gasteiger partial charge in [-0.15, -0.1) is 11.3 Å². The van der Waals surface area contributed by atoms with E-state index >= 15 is 0 Å². The highest BCUT2D eigenvalue weighted by molar-refractivity contribution is 7.13. The molecule has 0 spiro atoms. The lowest BCUT2D eigenvalue weighted by molar-refractivity contribution is 0.463. The Labute approximate surface area is 99.8 Å². The zero-order valence-corrected chi connectivity index (χ0v) is 10.7. The van der Waals surface area contributed by atoms with Crippen LogP contribution in [0.5, 0.6) is 0 Å². The minimum atomic E-state index is 0.584. The second-order valence-corrected chi connectivity index (χ2v) is 4.96. The summed E-state index contributed by atoms with van der Waals surface area (Å²) >= 11 is 1.54. The lowest BCUT2D eigenvalue weighted by Crippen LogP contribution is -2.14. The van der Waals surface area contributed by atoms with Gasteiger partial charge in [-0.05, 0) is 27.6 Å². The van der Waals surface area contributed by atoms with Gasteiger partial charge in [-0.3, -0.25) is 0 Å². The Morgan fingerprint density at radius 3 is 2.75 bits per heavy atom. The number of nitrogens with zero attached hydrogens (tertiary/aromatic N) is 2. The summed E-state index contributed by atoms with van der Waals surface area (Å²) < 4.78 is 0. The molecule has 2 N–H and O–H groups in total. The summed E-state index contributed by atoms with van der Waals surface area (Å²) in [6.45, 7) is 3.09. The summed E-state index contributed by atoms with van der Waals surface area (Å²) in [5.41, 5.74) is 7.05. The molecule has 0 aliphatic heterocycles. The number of thiazole rings is 1. The van der Waals surface area contributed by atoms with Crippen LogP contribution in [0.4, 0.5) is 0 Å². The van der Waals surface area contributed by atoms with E-state index in [4.69, 9.17) is 5.73 Å². The van der Waals surface area contributed by atoms with Crippen LogP contribution in [-0.2, 0) is 11.2 Å². The first-order chi connectivity index (χ1) is 7.58. The molecule has 0 radical (unpaired) electrons. The van der Waals surface area contributed by atoms with E-state index in [0.717, 1.165) is 22.0 Å². The molecule has 4 nitrogen and oxygen atoms in total. The van der Waals surface area contributed by atoms with Crippen molar-refractivity contribution in [2.75, 3.05) is 27.2 Å². The molecule has 0 saturated carbocycles. The largest absolute Gasteiger partial charge is 0.330 e. The summed E-state index contributed by atoms with van der Waals surface area (Å²) in [5.74, 6) is 2.01. The normalized spacial score (nSPS) is 10.6. The van der Waals surface area contributed by atoms with E-state index in [1.165, 1.54) is 0 Å². The quantitative estimate of drug-likeness (QED) is 0.770. The molecule has 0 saturated heterocycles. The van der Waals surface area contributed by atoms with Gasteiger partial charge >= 0.3 is 0 Å². The molecule has 1 heterocycles. The van der Waals surface area contributed by atoms with E-state index in [1.807, 2.05) is 31.9 Å². The molecule has 16 heavy (non-hydrogen) atoms. The Balaban J connectivity index is 2.97. The molecule has 0 amide bonds. The van der Waals surface area contributed by atoms with E-state index in [1.54, 1.807) is 11.3 Å². The summed E-state index contributed by atoms with van der Waals surface area (Å²) in [5, 5.41) is 0.988. The highest BCUT2D eigenvalue weighted by Crippen LogP contribution is 2.25. The van der Waals surface area contributed by atoms with E-state index in [-0.39, 0.29) is 0 Å². The molecular formula is C11H17N3OS. The van der Waals surface area contributed by atoms with Crippen LogP contribution < -0.4 is 5.73 Å². The lowest BCUT2D eigenvalue weighted by atomic mass is 10.2. The molecule has 0 bridgehead atoms. The topological polar surface area (TPSA) is 59.2 Å². The van der Waals surface area contributed by atoms with Crippen LogP contribution in [0.3, 0.4) is 0 Å². The molecule has 0 atom stereocenters. The van der Waals surface area contributed by atoms with Crippen LogP contribution in [0.2, 0.25) is 0 Å². The molecule has 0 unspecified atom stereocenters. The van der Waals surface area contributed by atoms with Crippen LogP contribution in [0.25, 0.3) is 5.57 Å². The van der Waals surface area contributed by atoms with Crippen LogP contribution in [-0.4, -0.2) is 43.0 Å². The number of aryl methyl sites for hydroxylation is 1. The predicted molar refractivity (Wildman–Crippen MR) is 67.3 cm³/mol. The third-order valence-electron chi connectivity index (χ3n) is 2.07. The zero-order chi connectivity index (χ0) is 12.1. The number of aromatic nitrogens is 1. The molecular weight excluding hydrogens is 222 g/mol. The van der Waals surface area contributed by atoms with Crippen LogP contribution in [0.15, 0.2) is 0 Å². The molecule has 88 valence electrons. The van der Waals surface area contributed by atoms with Crippen molar-refractivity contribution in [1.82, 2.24) is 9.88 Å². The fraction of sp³-hybridized carbons (Fsp3) is 0.545. The minimum Gasteiger partial charge on any atom is -0.330 e. The van der Waals surface area contributed by atoms with E-state index in [9.17, 15) is 4.79 Å². The SMILES string of the molecule is Cc1nc(CCN)sc1C(=C=O)CN(C)C. The van der Waals surface area contributed by atoms with Gasteiger partial charge in [-0.1, -0.05) is 0 Å². The highest BCUT2D eigenvalue weighted by Gasteiger charge is 2.13. The molecule has 5 heteroatoms. The molecule has 1 aromatic rings. The Hall–Kier alpha value is -1.00. The van der Waals surface area contributed by atoms with Crippen molar-refractivity contribution in [2.45, 2.75) is 13.3 Å². The number of rotatable bonds is 5. The first kappa shape index (κ1) is 13.1. The molecule has 1 aromatic heterocycles. The number of likely N-dealkylation sites (N-methyl/N-ethyl adjacent to an activating group) is 1. The maximum absolute atomic E-state index is 10.9. The van der Waals surface area contributed by atoms with Crippen molar-refractivity contribution in [3.05, 3.63) is 15.6 Å². The average Bonchev–Trinajstić information content (AvgIpc) is 2.56. The highest BCUT2D eigenvalue weighted by atomic mass is 32.1. The maximum atomic E-state index is 10.9. The van der Waals surface area contributed by atoms with Gasteiger partial charge in [0.05, 0.1) is 21.2 Å². The smallest absolute Gasteiger partial charge is 0.130 e. The molecule has 0 aliphatic carbocycles. The van der Waals surface area contributed by atoms with Gasteiger partial charge < -0.3 is 10.6 Å². The Kier molecular flexibility index (Phi) is 4.83. The molecule has 0 fully saturated rings. The van der Waals surface area contributed by atoms with Gasteiger partial charge in [-0.2, -0.15) is 0 Å². The molecule has 0 aliphatic rings. The number of hydrogen-bond acceptors (Lipinski definition) is 5. The van der Waals surface area contributed by atoms with Crippen molar-refractivity contribution < 1.29 is 4.79 Å². The van der Waals surface area contributed by atoms with Crippen LogP contribution >= 0.6 is 11.3 Å². The number of hydrogen-bond donors (Lipinski definition) is 1. The first-order valence-electron chi connectivity index (χ1n) is 5.14. The minimum absolute atomic E-state index is 0.584. The Morgan fingerprint density at radius 1 is 1.56 bits per heavy atom. The standard InChI is InChI=1S/C11H17N3OS/c1-8-11(9(7-15)6-14(2)3)16-10(13-8)4-5-12/h4-6,12H2,1-3H3. The van der Waals surface area contributed by atoms with Crippen molar-refractivity contribution in [3.63, 3.8) is 0 Å². The van der Waals surface area contributed by atoms with Gasteiger partial charge in [0.25, 0.3) is 0 Å². The van der Waals surface area contributed by atoms with Gasteiger partial charge in [0.1, 0.15) is 5.94 Å². The maximum Gasteiger partial charge on any atom is 0.130 e. The third kappa shape index (κ3) is 3.25. The zero-order valence-electron chi connectivity index (χ0n) is 9.91. The summed E-state index contributed by atoms with van der Waals surface area (Å²) in [7, 11) is 3.85. The number of nitrogens with two attached hydrogens (primary N) is 1. The second kappa shape index (κ2) is 5.92. The number of carbonyl (C=O) groups excluding carboxylic acids is 1. The van der Waals surface area contributed by atoms with Crippen LogP contribution in [0.1, 0.15) is 15.6 Å². The molecule has 1 rings (SSSR count). The van der Waals surface area contributed by atoms with Crippen molar-refractivity contribution >= 4 is 22.9 Å². The first-order valence-corrected chi connectivity index (χ1v) is 5.95. The third-order valence-corrected chi connectivity index (χ3v) is 3.35. The van der Waals surface area contributed by atoms with Gasteiger partial charge in [0, 0.05) is 13.0 Å². The van der Waals surface area contributed by atoms with E-state index < -0.39 is 0 Å². The fourth-order valence-corrected chi connectivity index (χ4v) is 2.49. The van der Waals surface area contributed by atoms with Crippen molar-refractivity contribution in [2.24, 2.45) is 5.73 Å². The van der Waals surface area contributed by atoms with E-state index in [0.29, 0.717) is 18.7 Å². The van der Waals surface area contributed by atoms with Crippen LogP contribution in [0, 0.1) is 6.92 Å². The second-order valence-electron chi connectivity index (χ2n) is 3.88.